The summed E-state index contributed by atoms with van der Waals surface area (Å²) in [7, 11) is 1.66. The number of fused-ring (bicyclic) bond motifs is 1. The van der Waals surface area contributed by atoms with Crippen LogP contribution in [0, 0.1) is 0 Å². The highest BCUT2D eigenvalue weighted by molar-refractivity contribution is 5.84. The number of ether oxygens (including phenoxy) is 1. The topological polar surface area (TPSA) is 34.5 Å². The lowest BCUT2D eigenvalue weighted by molar-refractivity contribution is -0.132. The van der Waals surface area contributed by atoms with Crippen LogP contribution >= 0.6 is 0 Å². The van der Waals surface area contributed by atoms with E-state index in [-0.39, 0.29) is 5.91 Å². The Labute approximate surface area is 118 Å². The molecule has 0 spiro atoms. The number of methoxy groups -OCH3 is 1. The summed E-state index contributed by atoms with van der Waals surface area (Å²) in [5.74, 6) is 1.05. The molecule has 1 aromatic heterocycles. The van der Waals surface area contributed by atoms with E-state index in [9.17, 15) is 4.79 Å². The van der Waals surface area contributed by atoms with Crippen LogP contribution in [0.25, 0.3) is 10.9 Å². The average Bonchev–Trinajstić information content (AvgIpc) is 3.21. The lowest BCUT2D eigenvalue weighted by Gasteiger charge is -2.20. The monoisotopic (exact) mass is 272 g/mol. The first-order valence-electron chi connectivity index (χ1n) is 7.15. The van der Waals surface area contributed by atoms with Crippen molar-refractivity contribution in [3.8, 4) is 5.75 Å². The van der Waals surface area contributed by atoms with E-state index in [2.05, 4.69) is 6.92 Å². The van der Waals surface area contributed by atoms with Crippen LogP contribution < -0.4 is 4.74 Å². The zero-order valence-corrected chi connectivity index (χ0v) is 12.0. The fourth-order valence-corrected chi connectivity index (χ4v) is 2.70. The number of rotatable bonds is 5. The lowest BCUT2D eigenvalue weighted by Crippen LogP contribution is -2.35. The van der Waals surface area contributed by atoms with E-state index < -0.39 is 0 Å². The number of benzene rings is 1. The van der Waals surface area contributed by atoms with E-state index >= 15 is 0 Å². The minimum atomic E-state index is 0.211. The quantitative estimate of drug-likeness (QED) is 0.838. The van der Waals surface area contributed by atoms with Crippen molar-refractivity contribution in [2.45, 2.75) is 32.4 Å². The first-order chi connectivity index (χ1) is 9.72. The molecule has 1 amide bonds. The first kappa shape index (κ1) is 13.0. The molecule has 4 nitrogen and oxygen atoms in total. The third kappa shape index (κ3) is 2.38. The molecule has 0 N–H and O–H groups in total. The van der Waals surface area contributed by atoms with Crippen LogP contribution in [-0.4, -0.2) is 35.1 Å². The number of likely N-dealkylation sites (N-methyl/N-ethyl adjacent to an activating group) is 1. The Morgan fingerprint density at radius 3 is 2.85 bits per heavy atom. The fraction of sp³-hybridized carbons (Fsp3) is 0.438. The van der Waals surface area contributed by atoms with Gasteiger partial charge in [0.1, 0.15) is 12.3 Å². The maximum Gasteiger partial charge on any atom is 0.242 e. The normalized spacial score (nSPS) is 14.5. The van der Waals surface area contributed by atoms with Crippen molar-refractivity contribution in [2.24, 2.45) is 0 Å². The zero-order valence-electron chi connectivity index (χ0n) is 12.0. The van der Waals surface area contributed by atoms with Crippen molar-refractivity contribution in [1.82, 2.24) is 9.47 Å². The van der Waals surface area contributed by atoms with Gasteiger partial charge >= 0.3 is 0 Å². The molecule has 3 rings (SSSR count). The van der Waals surface area contributed by atoms with Crippen LogP contribution in [0.4, 0.5) is 0 Å². The maximum absolute atomic E-state index is 12.4. The predicted octanol–water partition coefficient (Wildman–Crippen LogP) is 2.66. The van der Waals surface area contributed by atoms with Crippen LogP contribution in [0.2, 0.25) is 0 Å². The molecular formula is C16H20N2O2. The smallest absolute Gasteiger partial charge is 0.242 e. The van der Waals surface area contributed by atoms with Gasteiger partial charge in [0.15, 0.2) is 0 Å². The van der Waals surface area contributed by atoms with E-state index in [1.54, 1.807) is 7.11 Å². The van der Waals surface area contributed by atoms with E-state index in [0.717, 1.165) is 36.0 Å². The number of aromatic nitrogens is 1. The molecule has 0 saturated heterocycles. The van der Waals surface area contributed by atoms with E-state index in [1.165, 1.54) is 0 Å². The largest absolute Gasteiger partial charge is 0.497 e. The van der Waals surface area contributed by atoms with Crippen molar-refractivity contribution in [2.75, 3.05) is 13.7 Å². The second kappa shape index (κ2) is 5.19. The molecule has 0 bridgehead atoms. The third-order valence-electron chi connectivity index (χ3n) is 3.93. The Morgan fingerprint density at radius 1 is 1.40 bits per heavy atom. The summed E-state index contributed by atoms with van der Waals surface area (Å²) >= 11 is 0. The molecule has 20 heavy (non-hydrogen) atoms. The van der Waals surface area contributed by atoms with E-state index in [4.69, 9.17) is 4.74 Å². The van der Waals surface area contributed by atoms with Gasteiger partial charge in [-0.15, -0.1) is 0 Å². The van der Waals surface area contributed by atoms with Crippen LogP contribution in [-0.2, 0) is 11.3 Å². The summed E-state index contributed by atoms with van der Waals surface area (Å²) in [5, 5.41) is 1.10. The highest BCUT2D eigenvalue weighted by Crippen LogP contribution is 2.27. The fourth-order valence-electron chi connectivity index (χ4n) is 2.70. The summed E-state index contributed by atoms with van der Waals surface area (Å²) < 4.78 is 7.24. The standard InChI is InChI=1S/C16H20N2O2/c1-3-18(13-4-5-13)16(19)11-17-9-8-12-10-14(20-2)6-7-15(12)17/h6-10,13H,3-5,11H2,1-2H3. The summed E-state index contributed by atoms with van der Waals surface area (Å²) in [6, 6.07) is 8.44. The Bertz CT molecular complexity index is 628. The van der Waals surface area contributed by atoms with Crippen LogP contribution in [0.5, 0.6) is 5.75 Å². The van der Waals surface area contributed by atoms with E-state index in [1.807, 2.05) is 39.9 Å². The van der Waals surface area contributed by atoms with Crippen LogP contribution in [0.15, 0.2) is 30.5 Å². The number of hydrogen-bond acceptors (Lipinski definition) is 2. The lowest BCUT2D eigenvalue weighted by atomic mass is 10.2. The molecule has 2 aromatic rings. The van der Waals surface area contributed by atoms with Gasteiger partial charge in [-0.1, -0.05) is 0 Å². The van der Waals surface area contributed by atoms with E-state index in [0.29, 0.717) is 12.6 Å². The maximum atomic E-state index is 12.4. The number of carbonyl (C=O) groups is 1. The van der Waals surface area contributed by atoms with Gasteiger partial charge in [0.05, 0.1) is 7.11 Å². The van der Waals surface area contributed by atoms with Gasteiger partial charge in [-0.3, -0.25) is 4.79 Å². The zero-order chi connectivity index (χ0) is 14.1. The predicted molar refractivity (Wildman–Crippen MR) is 78.9 cm³/mol. The molecule has 0 unspecified atom stereocenters. The van der Waals surface area contributed by atoms with Crippen LogP contribution in [0.1, 0.15) is 19.8 Å². The first-order valence-corrected chi connectivity index (χ1v) is 7.15. The molecule has 0 aliphatic heterocycles. The molecule has 1 saturated carbocycles. The Kier molecular flexibility index (Phi) is 3.38. The third-order valence-corrected chi connectivity index (χ3v) is 3.93. The molecule has 1 aliphatic rings. The molecule has 106 valence electrons. The van der Waals surface area contributed by atoms with Crippen molar-refractivity contribution in [3.05, 3.63) is 30.5 Å². The van der Waals surface area contributed by atoms with Gasteiger partial charge in [-0.05, 0) is 44.0 Å². The number of amides is 1. The second-order valence-corrected chi connectivity index (χ2v) is 5.28. The van der Waals surface area contributed by atoms with Crippen molar-refractivity contribution >= 4 is 16.8 Å². The molecule has 1 fully saturated rings. The van der Waals surface area contributed by atoms with Gasteiger partial charge < -0.3 is 14.2 Å². The molecule has 1 aromatic carbocycles. The van der Waals surface area contributed by atoms with Gasteiger partial charge in [-0.25, -0.2) is 0 Å². The molecule has 4 heteroatoms. The average molecular weight is 272 g/mol. The van der Waals surface area contributed by atoms with Gasteiger partial charge in [0.2, 0.25) is 5.91 Å². The number of carbonyl (C=O) groups excluding carboxylic acids is 1. The summed E-state index contributed by atoms with van der Waals surface area (Å²) in [5.41, 5.74) is 1.08. The molecular weight excluding hydrogens is 252 g/mol. The Hall–Kier alpha value is -1.97. The molecule has 1 heterocycles. The minimum absolute atomic E-state index is 0.211. The Morgan fingerprint density at radius 2 is 2.20 bits per heavy atom. The minimum Gasteiger partial charge on any atom is -0.497 e. The van der Waals surface area contributed by atoms with Gasteiger partial charge in [0, 0.05) is 29.7 Å². The Balaban J connectivity index is 1.81. The van der Waals surface area contributed by atoms with Crippen molar-refractivity contribution < 1.29 is 9.53 Å². The summed E-state index contributed by atoms with van der Waals surface area (Å²) in [4.78, 5) is 14.4. The number of hydrogen-bond donors (Lipinski definition) is 0. The molecule has 1 aliphatic carbocycles. The van der Waals surface area contributed by atoms with Gasteiger partial charge in [0.25, 0.3) is 0 Å². The summed E-state index contributed by atoms with van der Waals surface area (Å²) in [6.45, 7) is 3.27. The summed E-state index contributed by atoms with van der Waals surface area (Å²) in [6.07, 6.45) is 4.29. The molecule has 0 radical (unpaired) electrons. The van der Waals surface area contributed by atoms with Crippen molar-refractivity contribution in [1.29, 1.82) is 0 Å². The van der Waals surface area contributed by atoms with Crippen molar-refractivity contribution in [3.63, 3.8) is 0 Å². The molecule has 0 atom stereocenters. The highest BCUT2D eigenvalue weighted by Gasteiger charge is 2.31. The van der Waals surface area contributed by atoms with Crippen LogP contribution in [0.3, 0.4) is 0 Å². The highest BCUT2D eigenvalue weighted by atomic mass is 16.5. The SMILES string of the molecule is CCN(C(=O)Cn1ccc2cc(OC)ccc21)C1CC1. The van der Waals surface area contributed by atoms with Gasteiger partial charge in [-0.2, -0.15) is 0 Å². The number of nitrogens with zero attached hydrogens (tertiary/aromatic N) is 2. The second-order valence-electron chi connectivity index (χ2n) is 5.28.